The fourth-order valence-electron chi connectivity index (χ4n) is 3.14. The first-order chi connectivity index (χ1) is 12.3. The number of piperidine rings is 1. The maximum absolute atomic E-state index is 13.0. The Labute approximate surface area is 155 Å². The quantitative estimate of drug-likeness (QED) is 0.821. The van der Waals surface area contributed by atoms with Crippen LogP contribution in [0.3, 0.4) is 0 Å². The largest absolute Gasteiger partial charge is 0.459 e. The lowest BCUT2D eigenvalue weighted by molar-refractivity contribution is 0.119. The van der Waals surface area contributed by atoms with E-state index in [-0.39, 0.29) is 6.10 Å². The summed E-state index contributed by atoms with van der Waals surface area (Å²) in [6, 6.07) is 7.46. The van der Waals surface area contributed by atoms with Crippen LogP contribution in [0.15, 0.2) is 29.2 Å². The molecular weight excluding hydrogens is 350 g/mol. The normalized spacial score (nSPS) is 18.7. The minimum absolute atomic E-state index is 0.244. The van der Waals surface area contributed by atoms with E-state index in [9.17, 15) is 8.42 Å². The SMILES string of the molecule is Cc1cc(C)nc(OC2CCCN(S(=O)(=O)c3ccc(C)c(C)c3)C2)n1. The Hall–Kier alpha value is -1.99. The lowest BCUT2D eigenvalue weighted by atomic mass is 10.1. The number of hydrogen-bond acceptors (Lipinski definition) is 5. The first-order valence-electron chi connectivity index (χ1n) is 8.82. The number of hydrogen-bond donors (Lipinski definition) is 0. The summed E-state index contributed by atoms with van der Waals surface area (Å²) in [6.07, 6.45) is 1.29. The van der Waals surface area contributed by atoms with Crippen molar-refractivity contribution >= 4 is 10.0 Å². The van der Waals surface area contributed by atoms with E-state index in [0.29, 0.717) is 24.0 Å². The van der Waals surface area contributed by atoms with Gasteiger partial charge in [0.15, 0.2) is 0 Å². The molecule has 0 radical (unpaired) electrons. The Bertz CT molecular complexity index is 892. The van der Waals surface area contributed by atoms with Gasteiger partial charge in [0, 0.05) is 17.9 Å². The van der Waals surface area contributed by atoms with Crippen LogP contribution in [0, 0.1) is 27.7 Å². The van der Waals surface area contributed by atoms with Gasteiger partial charge in [-0.15, -0.1) is 0 Å². The van der Waals surface area contributed by atoms with E-state index in [1.807, 2.05) is 39.8 Å². The van der Waals surface area contributed by atoms with Gasteiger partial charge in [-0.1, -0.05) is 6.07 Å². The van der Waals surface area contributed by atoms with Crippen molar-refractivity contribution in [2.75, 3.05) is 13.1 Å². The Morgan fingerprint density at radius 1 is 1.04 bits per heavy atom. The predicted octanol–water partition coefficient (Wildman–Crippen LogP) is 2.94. The first-order valence-corrected chi connectivity index (χ1v) is 10.3. The van der Waals surface area contributed by atoms with Crippen LogP contribution in [0.4, 0.5) is 0 Å². The summed E-state index contributed by atoms with van der Waals surface area (Å²) >= 11 is 0. The third kappa shape index (κ3) is 4.04. The first kappa shape index (κ1) is 18.8. The van der Waals surface area contributed by atoms with Crippen molar-refractivity contribution < 1.29 is 13.2 Å². The fourth-order valence-corrected chi connectivity index (χ4v) is 4.73. The molecule has 6 nitrogen and oxygen atoms in total. The summed E-state index contributed by atoms with van der Waals surface area (Å²) in [6.45, 7) is 8.49. The van der Waals surface area contributed by atoms with E-state index in [1.165, 1.54) is 4.31 Å². The van der Waals surface area contributed by atoms with Gasteiger partial charge >= 0.3 is 6.01 Å². The molecule has 1 aromatic heterocycles. The van der Waals surface area contributed by atoms with Gasteiger partial charge in [0.05, 0.1) is 11.4 Å². The molecule has 1 fully saturated rings. The number of nitrogens with zero attached hydrogens (tertiary/aromatic N) is 3. The van der Waals surface area contributed by atoms with Gasteiger partial charge in [0.1, 0.15) is 6.10 Å². The molecule has 2 heterocycles. The van der Waals surface area contributed by atoms with E-state index in [2.05, 4.69) is 9.97 Å². The molecule has 0 bridgehead atoms. The number of ether oxygens (including phenoxy) is 1. The number of benzene rings is 1. The molecule has 0 saturated carbocycles. The van der Waals surface area contributed by atoms with Gasteiger partial charge in [-0.05, 0) is 69.9 Å². The van der Waals surface area contributed by atoms with Crippen molar-refractivity contribution in [1.82, 2.24) is 14.3 Å². The topological polar surface area (TPSA) is 72.4 Å². The van der Waals surface area contributed by atoms with Crippen LogP contribution >= 0.6 is 0 Å². The third-order valence-corrected chi connectivity index (χ3v) is 6.55. The zero-order valence-corrected chi connectivity index (χ0v) is 16.5. The molecule has 26 heavy (non-hydrogen) atoms. The van der Waals surface area contributed by atoms with Gasteiger partial charge < -0.3 is 4.74 Å². The second-order valence-electron chi connectivity index (χ2n) is 6.92. The van der Waals surface area contributed by atoms with Gasteiger partial charge in [0.2, 0.25) is 10.0 Å². The predicted molar refractivity (Wildman–Crippen MR) is 99.8 cm³/mol. The zero-order chi connectivity index (χ0) is 18.9. The smallest absolute Gasteiger partial charge is 0.317 e. The average molecular weight is 375 g/mol. The summed E-state index contributed by atoms with van der Waals surface area (Å²) < 4.78 is 33.4. The molecule has 1 unspecified atom stereocenters. The van der Waals surface area contributed by atoms with Crippen molar-refractivity contribution in [2.45, 2.75) is 51.5 Å². The standard InChI is InChI=1S/C19H25N3O3S/c1-13-7-8-18(10-14(13)2)26(23,24)22-9-5-6-17(12-22)25-19-20-15(3)11-16(4)21-19/h7-8,10-11,17H,5-6,9,12H2,1-4H3. The molecule has 1 aliphatic rings. The van der Waals surface area contributed by atoms with Crippen molar-refractivity contribution in [3.8, 4) is 6.01 Å². The minimum atomic E-state index is -3.53. The van der Waals surface area contributed by atoms with E-state index >= 15 is 0 Å². The van der Waals surface area contributed by atoms with Gasteiger partial charge in [-0.2, -0.15) is 4.31 Å². The lowest BCUT2D eigenvalue weighted by Crippen LogP contribution is -2.44. The third-order valence-electron chi connectivity index (χ3n) is 4.69. The molecule has 3 rings (SSSR count). The summed E-state index contributed by atoms with van der Waals surface area (Å²) in [5, 5.41) is 0. The van der Waals surface area contributed by atoms with Crippen LogP contribution in [0.2, 0.25) is 0 Å². The Kier molecular flexibility index (Phi) is 5.29. The number of rotatable bonds is 4. The molecule has 140 valence electrons. The molecule has 7 heteroatoms. The molecule has 0 N–H and O–H groups in total. The maximum atomic E-state index is 13.0. The molecule has 1 aliphatic heterocycles. The highest BCUT2D eigenvalue weighted by Gasteiger charge is 2.31. The van der Waals surface area contributed by atoms with Crippen LogP contribution in [-0.4, -0.2) is 41.9 Å². The average Bonchev–Trinajstić information content (AvgIpc) is 2.56. The summed E-state index contributed by atoms with van der Waals surface area (Å²) in [5.74, 6) is 0. The second-order valence-corrected chi connectivity index (χ2v) is 8.86. The molecule has 1 aromatic carbocycles. The van der Waals surface area contributed by atoms with Crippen LogP contribution in [0.5, 0.6) is 6.01 Å². The highest BCUT2D eigenvalue weighted by atomic mass is 32.2. The number of aryl methyl sites for hydroxylation is 4. The number of aromatic nitrogens is 2. The van der Waals surface area contributed by atoms with Gasteiger partial charge in [-0.25, -0.2) is 18.4 Å². The van der Waals surface area contributed by atoms with Gasteiger partial charge in [-0.3, -0.25) is 0 Å². The Morgan fingerprint density at radius 3 is 2.38 bits per heavy atom. The van der Waals surface area contributed by atoms with Crippen molar-refractivity contribution in [1.29, 1.82) is 0 Å². The Balaban J connectivity index is 1.77. The molecule has 0 amide bonds. The van der Waals surface area contributed by atoms with Crippen LogP contribution in [0.1, 0.15) is 35.4 Å². The van der Waals surface area contributed by atoms with Crippen LogP contribution < -0.4 is 4.74 Å². The molecular formula is C19H25N3O3S. The lowest BCUT2D eigenvalue weighted by Gasteiger charge is -2.31. The monoisotopic (exact) mass is 375 g/mol. The molecule has 1 saturated heterocycles. The van der Waals surface area contributed by atoms with E-state index in [0.717, 1.165) is 35.4 Å². The van der Waals surface area contributed by atoms with E-state index in [1.54, 1.807) is 12.1 Å². The minimum Gasteiger partial charge on any atom is -0.459 e. The molecule has 0 aliphatic carbocycles. The zero-order valence-electron chi connectivity index (χ0n) is 15.7. The maximum Gasteiger partial charge on any atom is 0.317 e. The van der Waals surface area contributed by atoms with Gasteiger partial charge in [0.25, 0.3) is 0 Å². The van der Waals surface area contributed by atoms with Crippen LogP contribution in [-0.2, 0) is 10.0 Å². The second kappa shape index (κ2) is 7.32. The molecule has 2 aromatic rings. The van der Waals surface area contributed by atoms with Crippen molar-refractivity contribution in [3.05, 3.63) is 46.8 Å². The van der Waals surface area contributed by atoms with Crippen LogP contribution in [0.25, 0.3) is 0 Å². The van der Waals surface area contributed by atoms with E-state index < -0.39 is 10.0 Å². The van der Waals surface area contributed by atoms with Crippen molar-refractivity contribution in [3.63, 3.8) is 0 Å². The molecule has 0 spiro atoms. The summed E-state index contributed by atoms with van der Waals surface area (Å²) in [4.78, 5) is 8.92. The van der Waals surface area contributed by atoms with Crippen molar-refractivity contribution in [2.24, 2.45) is 0 Å². The summed E-state index contributed by atoms with van der Waals surface area (Å²) in [7, 11) is -3.53. The number of sulfonamides is 1. The highest BCUT2D eigenvalue weighted by Crippen LogP contribution is 2.24. The van der Waals surface area contributed by atoms with E-state index in [4.69, 9.17) is 4.74 Å². The highest BCUT2D eigenvalue weighted by molar-refractivity contribution is 7.89. The summed E-state index contributed by atoms with van der Waals surface area (Å²) in [5.41, 5.74) is 3.72. The fraction of sp³-hybridized carbons (Fsp3) is 0.474. The molecule has 1 atom stereocenters. The Morgan fingerprint density at radius 2 is 1.73 bits per heavy atom.